The number of carbonyl (C=O) groups is 1. The first-order valence-corrected chi connectivity index (χ1v) is 8.75. The van der Waals surface area contributed by atoms with E-state index in [1.54, 1.807) is 6.92 Å². The summed E-state index contributed by atoms with van der Waals surface area (Å²) in [5.74, 6) is 0.145. The van der Waals surface area contributed by atoms with Crippen LogP contribution in [0.1, 0.15) is 13.3 Å². The summed E-state index contributed by atoms with van der Waals surface area (Å²) in [6, 6.07) is 7.95. The van der Waals surface area contributed by atoms with Crippen molar-refractivity contribution in [3.8, 4) is 6.19 Å². The maximum atomic E-state index is 11.5. The first-order valence-electron chi connectivity index (χ1n) is 7.52. The number of thioether (sulfide) groups is 1. The maximum absolute atomic E-state index is 11.5. The van der Waals surface area contributed by atoms with E-state index in [0.717, 1.165) is 44.0 Å². The number of hydrogen-bond acceptors (Lipinski definition) is 5. The zero-order valence-corrected chi connectivity index (χ0v) is 14.3. The van der Waals surface area contributed by atoms with Gasteiger partial charge in [0.25, 0.3) is 0 Å². The minimum atomic E-state index is 0.145. The second kappa shape index (κ2) is 8.44. The van der Waals surface area contributed by atoms with Crippen molar-refractivity contribution in [3.05, 3.63) is 24.3 Å². The van der Waals surface area contributed by atoms with Gasteiger partial charge in [0.05, 0.1) is 5.69 Å². The monoisotopic (exact) mass is 331 g/mol. The highest BCUT2D eigenvalue weighted by molar-refractivity contribution is 8.13. The molecule has 1 aromatic carbocycles. The molecule has 6 nitrogen and oxygen atoms in total. The lowest BCUT2D eigenvalue weighted by Crippen LogP contribution is -2.33. The van der Waals surface area contributed by atoms with Gasteiger partial charge in [0.1, 0.15) is 0 Å². The molecule has 1 aliphatic rings. The topological polar surface area (TPSA) is 71.7 Å². The second-order valence-corrected chi connectivity index (χ2v) is 6.02. The summed E-state index contributed by atoms with van der Waals surface area (Å²) in [6.45, 7) is 5.00. The number of hydrogen-bond donors (Lipinski definition) is 1. The number of benzene rings is 1. The predicted octanol–water partition coefficient (Wildman–Crippen LogP) is 2.17. The van der Waals surface area contributed by atoms with Gasteiger partial charge in [-0.3, -0.25) is 10.1 Å². The SMILES string of the molecule is CSC(=Nc1ccc(N2CCCN(C(C)=O)CC2)cc1)NC#N. The summed E-state index contributed by atoms with van der Waals surface area (Å²) in [5.41, 5.74) is 1.94. The first kappa shape index (κ1) is 17.2. The summed E-state index contributed by atoms with van der Waals surface area (Å²) in [4.78, 5) is 20.1. The summed E-state index contributed by atoms with van der Waals surface area (Å²) in [5, 5.41) is 11.8. The van der Waals surface area contributed by atoms with Gasteiger partial charge in [-0.2, -0.15) is 5.26 Å². The van der Waals surface area contributed by atoms with Crippen LogP contribution in [0.15, 0.2) is 29.3 Å². The molecule has 7 heteroatoms. The normalized spacial score (nSPS) is 15.8. The van der Waals surface area contributed by atoms with Crippen LogP contribution in [-0.4, -0.2) is 48.4 Å². The molecule has 1 aromatic rings. The Balaban J connectivity index is 2.05. The Bertz CT molecular complexity index is 608. The fourth-order valence-electron chi connectivity index (χ4n) is 2.52. The van der Waals surface area contributed by atoms with Crippen LogP contribution in [-0.2, 0) is 4.79 Å². The van der Waals surface area contributed by atoms with Gasteiger partial charge >= 0.3 is 0 Å². The van der Waals surface area contributed by atoms with Crippen molar-refractivity contribution >= 4 is 34.2 Å². The number of carbonyl (C=O) groups excluding carboxylic acids is 1. The van der Waals surface area contributed by atoms with Gasteiger partial charge in [-0.05, 0) is 36.9 Å². The number of nitrogens with zero attached hydrogens (tertiary/aromatic N) is 4. The molecule has 0 aromatic heterocycles. The third kappa shape index (κ3) is 4.89. The number of amidine groups is 1. The summed E-state index contributed by atoms with van der Waals surface area (Å²) < 4.78 is 0. The van der Waals surface area contributed by atoms with Crippen LogP contribution in [0.2, 0.25) is 0 Å². The third-order valence-corrected chi connectivity index (χ3v) is 4.32. The zero-order valence-electron chi connectivity index (χ0n) is 13.5. The van der Waals surface area contributed by atoms with Crippen molar-refractivity contribution < 1.29 is 4.79 Å². The molecular weight excluding hydrogens is 310 g/mol. The lowest BCUT2D eigenvalue weighted by molar-refractivity contribution is -0.128. The molecule has 0 radical (unpaired) electrons. The molecule has 2 rings (SSSR count). The summed E-state index contributed by atoms with van der Waals surface area (Å²) >= 11 is 1.40. The molecule has 0 saturated carbocycles. The Morgan fingerprint density at radius 2 is 2.00 bits per heavy atom. The molecule has 1 N–H and O–H groups in total. The largest absolute Gasteiger partial charge is 0.370 e. The van der Waals surface area contributed by atoms with Crippen LogP contribution in [0, 0.1) is 11.5 Å². The number of rotatable bonds is 2. The molecule has 0 atom stereocenters. The molecule has 1 saturated heterocycles. The van der Waals surface area contributed by atoms with Crippen LogP contribution >= 0.6 is 11.8 Å². The highest BCUT2D eigenvalue weighted by Crippen LogP contribution is 2.22. The Morgan fingerprint density at radius 3 is 2.61 bits per heavy atom. The standard InChI is InChI=1S/C16H21N5OS/c1-13(22)20-8-3-9-21(11-10-20)15-6-4-14(5-7-15)19-16(23-2)18-12-17/h4-7H,3,8-11H2,1-2H3,(H,18,19). The average molecular weight is 331 g/mol. The van der Waals surface area contributed by atoms with Crippen molar-refractivity contribution in [2.75, 3.05) is 37.3 Å². The molecule has 0 aliphatic carbocycles. The molecule has 1 amide bonds. The third-order valence-electron chi connectivity index (χ3n) is 3.74. The van der Waals surface area contributed by atoms with Crippen LogP contribution in [0.3, 0.4) is 0 Å². The van der Waals surface area contributed by atoms with Gasteiger partial charge in [-0.1, -0.05) is 11.8 Å². The predicted molar refractivity (Wildman–Crippen MR) is 94.9 cm³/mol. The minimum Gasteiger partial charge on any atom is -0.370 e. The van der Waals surface area contributed by atoms with Crippen molar-refractivity contribution in [3.63, 3.8) is 0 Å². The minimum absolute atomic E-state index is 0.145. The Hall–Kier alpha value is -2.20. The molecule has 0 bridgehead atoms. The average Bonchev–Trinajstić information content (AvgIpc) is 2.81. The van der Waals surface area contributed by atoms with E-state index >= 15 is 0 Å². The lowest BCUT2D eigenvalue weighted by Gasteiger charge is -2.23. The fourth-order valence-corrected chi connectivity index (χ4v) is 2.86. The van der Waals surface area contributed by atoms with E-state index in [2.05, 4.69) is 15.2 Å². The Kier molecular flexibility index (Phi) is 6.29. The van der Waals surface area contributed by atoms with Crippen LogP contribution in [0.5, 0.6) is 0 Å². The molecule has 1 heterocycles. The van der Waals surface area contributed by atoms with Crippen LogP contribution < -0.4 is 10.2 Å². The van der Waals surface area contributed by atoms with E-state index in [9.17, 15) is 4.79 Å². The van der Waals surface area contributed by atoms with Gasteiger partial charge in [0, 0.05) is 38.8 Å². The fraction of sp³-hybridized carbons (Fsp3) is 0.438. The van der Waals surface area contributed by atoms with Gasteiger partial charge in [-0.25, -0.2) is 4.99 Å². The quantitative estimate of drug-likeness (QED) is 0.389. The Labute approximate surface area is 141 Å². The van der Waals surface area contributed by atoms with E-state index in [1.807, 2.05) is 41.6 Å². The molecule has 122 valence electrons. The summed E-state index contributed by atoms with van der Waals surface area (Å²) in [7, 11) is 0. The van der Waals surface area contributed by atoms with E-state index in [0.29, 0.717) is 5.17 Å². The van der Waals surface area contributed by atoms with E-state index in [-0.39, 0.29) is 5.91 Å². The van der Waals surface area contributed by atoms with E-state index in [1.165, 1.54) is 11.8 Å². The highest BCUT2D eigenvalue weighted by atomic mass is 32.2. The van der Waals surface area contributed by atoms with Gasteiger partial charge in [-0.15, -0.1) is 0 Å². The number of anilines is 1. The highest BCUT2D eigenvalue weighted by Gasteiger charge is 2.16. The van der Waals surface area contributed by atoms with Crippen LogP contribution in [0.4, 0.5) is 11.4 Å². The van der Waals surface area contributed by atoms with Crippen molar-refractivity contribution in [1.29, 1.82) is 5.26 Å². The van der Waals surface area contributed by atoms with Crippen molar-refractivity contribution in [2.45, 2.75) is 13.3 Å². The zero-order chi connectivity index (χ0) is 16.7. The number of amides is 1. The first-order chi connectivity index (χ1) is 11.1. The second-order valence-electron chi connectivity index (χ2n) is 5.22. The van der Waals surface area contributed by atoms with Crippen molar-refractivity contribution in [2.24, 2.45) is 4.99 Å². The Morgan fingerprint density at radius 1 is 1.26 bits per heavy atom. The number of nitriles is 1. The molecule has 0 unspecified atom stereocenters. The molecule has 1 aliphatic heterocycles. The van der Waals surface area contributed by atoms with E-state index < -0.39 is 0 Å². The van der Waals surface area contributed by atoms with Crippen LogP contribution in [0.25, 0.3) is 0 Å². The number of aliphatic imine (C=N–C) groups is 1. The van der Waals surface area contributed by atoms with Gasteiger partial charge < -0.3 is 9.80 Å². The molecule has 23 heavy (non-hydrogen) atoms. The molecular formula is C16H21N5OS. The molecule has 0 spiro atoms. The van der Waals surface area contributed by atoms with Gasteiger partial charge in [0.2, 0.25) is 5.91 Å². The summed E-state index contributed by atoms with van der Waals surface area (Å²) in [6.07, 6.45) is 4.73. The van der Waals surface area contributed by atoms with E-state index in [4.69, 9.17) is 5.26 Å². The maximum Gasteiger partial charge on any atom is 0.219 e. The lowest BCUT2D eigenvalue weighted by atomic mass is 10.2. The van der Waals surface area contributed by atoms with Crippen molar-refractivity contribution in [1.82, 2.24) is 10.2 Å². The van der Waals surface area contributed by atoms with Gasteiger partial charge in [0.15, 0.2) is 11.4 Å². The smallest absolute Gasteiger partial charge is 0.219 e. The number of nitrogens with one attached hydrogen (secondary N) is 1. The molecule has 1 fully saturated rings.